The van der Waals surface area contributed by atoms with E-state index in [0.717, 1.165) is 46.5 Å². The molecule has 1 fully saturated rings. The lowest BCUT2D eigenvalue weighted by Crippen LogP contribution is -2.14. The van der Waals surface area contributed by atoms with Gasteiger partial charge in [-0.25, -0.2) is 9.97 Å². The van der Waals surface area contributed by atoms with Crippen molar-refractivity contribution in [3.05, 3.63) is 36.2 Å². The fraction of sp³-hybridized carbons (Fsp3) is 0.278. The number of anilines is 2. The highest BCUT2D eigenvalue weighted by atomic mass is 16.2. The van der Waals surface area contributed by atoms with Gasteiger partial charge in [0.25, 0.3) is 0 Å². The topological polar surface area (TPSA) is 82.7 Å². The molecule has 0 radical (unpaired) electrons. The fourth-order valence-electron chi connectivity index (χ4n) is 2.86. The number of pyridine rings is 2. The number of carbonyl (C=O) groups is 1. The summed E-state index contributed by atoms with van der Waals surface area (Å²) in [6.07, 6.45) is 3.90. The number of amides is 1. The Kier molecular flexibility index (Phi) is 3.45. The Hall–Kier alpha value is -2.89. The van der Waals surface area contributed by atoms with Crippen LogP contribution in [-0.2, 0) is 4.79 Å². The lowest BCUT2D eigenvalue weighted by atomic mass is 10.0. The van der Waals surface area contributed by atoms with E-state index in [9.17, 15) is 4.79 Å². The zero-order valence-electron chi connectivity index (χ0n) is 13.7. The first-order chi connectivity index (χ1) is 11.7. The highest BCUT2D eigenvalue weighted by Crippen LogP contribution is 2.32. The van der Waals surface area contributed by atoms with E-state index >= 15 is 0 Å². The lowest BCUT2D eigenvalue weighted by molar-refractivity contribution is -0.117. The maximum absolute atomic E-state index is 11.9. The number of nitrogens with zero attached hydrogens (tertiary/aromatic N) is 2. The van der Waals surface area contributed by atoms with Crippen LogP contribution in [0.2, 0.25) is 0 Å². The van der Waals surface area contributed by atoms with E-state index in [0.29, 0.717) is 5.82 Å². The number of hydrogen-bond acceptors (Lipinski definition) is 4. The van der Waals surface area contributed by atoms with Crippen LogP contribution in [0.15, 0.2) is 30.5 Å². The summed E-state index contributed by atoms with van der Waals surface area (Å²) >= 11 is 0. The number of nitrogens with one attached hydrogen (secondary N) is 3. The van der Waals surface area contributed by atoms with Crippen LogP contribution in [0.1, 0.15) is 18.5 Å². The van der Waals surface area contributed by atoms with Gasteiger partial charge in [0, 0.05) is 41.4 Å². The predicted octanol–water partition coefficient (Wildman–Crippen LogP) is 3.32. The Labute approximate surface area is 139 Å². The van der Waals surface area contributed by atoms with Crippen molar-refractivity contribution in [1.82, 2.24) is 15.0 Å². The zero-order chi connectivity index (χ0) is 16.7. The Balaban J connectivity index is 1.68. The molecule has 0 atom stereocenters. The third-order valence-corrected chi connectivity index (χ3v) is 4.37. The van der Waals surface area contributed by atoms with E-state index < -0.39 is 0 Å². The average Bonchev–Trinajstić information content (AvgIpc) is 3.36. The summed E-state index contributed by atoms with van der Waals surface area (Å²) in [5.74, 6) is 1.67. The monoisotopic (exact) mass is 321 g/mol. The van der Waals surface area contributed by atoms with Gasteiger partial charge in [0.15, 0.2) is 0 Å². The number of hydrogen-bond donors (Lipinski definition) is 3. The maximum atomic E-state index is 11.9. The fourth-order valence-corrected chi connectivity index (χ4v) is 2.86. The minimum atomic E-state index is 0.0660. The molecule has 0 aromatic carbocycles. The standard InChI is InChI=1S/C18H19N5O/c1-10-12(5-7-15(19-2)21-10)14-9-20-17-13(14)6-8-16(22-17)23-18(24)11-3-4-11/h5-9,11H,3-4H2,1-2H3,(H,19,21)(H2,20,22,23,24). The molecule has 3 N–H and O–H groups in total. The van der Waals surface area contributed by atoms with E-state index in [1.54, 1.807) is 0 Å². The van der Waals surface area contributed by atoms with Crippen molar-refractivity contribution in [1.29, 1.82) is 0 Å². The molecule has 1 amide bonds. The summed E-state index contributed by atoms with van der Waals surface area (Å²) in [6, 6.07) is 7.85. The summed E-state index contributed by atoms with van der Waals surface area (Å²) in [5, 5.41) is 6.94. The van der Waals surface area contributed by atoms with Crippen LogP contribution in [0.4, 0.5) is 11.6 Å². The molecular weight excluding hydrogens is 302 g/mol. The SMILES string of the molecule is CNc1ccc(-c2c[nH]c3nc(NC(=O)C4CC4)ccc23)c(C)n1. The highest BCUT2D eigenvalue weighted by Gasteiger charge is 2.29. The molecule has 0 bridgehead atoms. The molecule has 1 aliphatic rings. The van der Waals surface area contributed by atoms with Crippen LogP contribution in [0.3, 0.4) is 0 Å². The van der Waals surface area contributed by atoms with Crippen LogP contribution in [0.5, 0.6) is 0 Å². The third-order valence-electron chi connectivity index (χ3n) is 4.37. The van der Waals surface area contributed by atoms with Crippen molar-refractivity contribution in [2.75, 3.05) is 17.7 Å². The van der Waals surface area contributed by atoms with Gasteiger partial charge in [-0.3, -0.25) is 4.79 Å². The van der Waals surface area contributed by atoms with Crippen molar-refractivity contribution in [2.24, 2.45) is 5.92 Å². The van der Waals surface area contributed by atoms with Crippen molar-refractivity contribution in [2.45, 2.75) is 19.8 Å². The van der Waals surface area contributed by atoms with Crippen LogP contribution in [0.25, 0.3) is 22.2 Å². The van der Waals surface area contributed by atoms with Crippen LogP contribution in [0, 0.1) is 12.8 Å². The van der Waals surface area contributed by atoms with Crippen molar-refractivity contribution < 1.29 is 4.79 Å². The Bertz CT molecular complexity index is 926. The zero-order valence-corrected chi connectivity index (χ0v) is 13.7. The van der Waals surface area contributed by atoms with Crippen LogP contribution < -0.4 is 10.6 Å². The number of H-pyrrole nitrogens is 1. The Morgan fingerprint density at radius 3 is 2.62 bits per heavy atom. The summed E-state index contributed by atoms with van der Waals surface area (Å²) < 4.78 is 0. The van der Waals surface area contributed by atoms with E-state index in [4.69, 9.17) is 0 Å². The minimum absolute atomic E-state index is 0.0660. The van der Waals surface area contributed by atoms with Gasteiger partial charge >= 0.3 is 0 Å². The average molecular weight is 321 g/mol. The number of aromatic amines is 1. The van der Waals surface area contributed by atoms with E-state index in [1.807, 2.05) is 38.4 Å². The molecule has 24 heavy (non-hydrogen) atoms. The van der Waals surface area contributed by atoms with E-state index in [2.05, 4.69) is 31.7 Å². The molecule has 6 heteroatoms. The van der Waals surface area contributed by atoms with Crippen molar-refractivity contribution >= 4 is 28.6 Å². The Morgan fingerprint density at radius 1 is 1.12 bits per heavy atom. The van der Waals surface area contributed by atoms with Gasteiger partial charge in [-0.1, -0.05) is 0 Å². The number of aryl methyl sites for hydroxylation is 1. The van der Waals surface area contributed by atoms with Gasteiger partial charge in [0.2, 0.25) is 5.91 Å². The van der Waals surface area contributed by atoms with E-state index in [1.165, 1.54) is 0 Å². The molecule has 3 aromatic heterocycles. The van der Waals surface area contributed by atoms with Gasteiger partial charge in [0.1, 0.15) is 17.3 Å². The first-order valence-corrected chi connectivity index (χ1v) is 8.10. The predicted molar refractivity (Wildman–Crippen MR) is 95.0 cm³/mol. The largest absolute Gasteiger partial charge is 0.373 e. The molecule has 1 saturated carbocycles. The second-order valence-corrected chi connectivity index (χ2v) is 6.14. The number of fused-ring (bicyclic) bond motifs is 1. The molecule has 0 spiro atoms. The molecular formula is C18H19N5O. The molecule has 0 unspecified atom stereocenters. The quantitative estimate of drug-likeness (QED) is 0.688. The van der Waals surface area contributed by atoms with Gasteiger partial charge in [0.05, 0.1) is 0 Å². The summed E-state index contributed by atoms with van der Waals surface area (Å²) in [5.41, 5.74) is 3.84. The van der Waals surface area contributed by atoms with Gasteiger partial charge < -0.3 is 15.6 Å². The number of rotatable bonds is 4. The molecule has 4 rings (SSSR count). The van der Waals surface area contributed by atoms with Crippen LogP contribution >= 0.6 is 0 Å². The van der Waals surface area contributed by atoms with Gasteiger partial charge in [-0.2, -0.15) is 0 Å². The number of carbonyl (C=O) groups excluding carboxylic acids is 1. The third kappa shape index (κ3) is 2.60. The second-order valence-electron chi connectivity index (χ2n) is 6.14. The molecule has 122 valence electrons. The molecule has 1 aliphatic carbocycles. The highest BCUT2D eigenvalue weighted by molar-refractivity contribution is 5.97. The molecule has 6 nitrogen and oxygen atoms in total. The summed E-state index contributed by atoms with van der Waals surface area (Å²) in [4.78, 5) is 24.1. The molecule has 3 aromatic rings. The van der Waals surface area contributed by atoms with E-state index in [-0.39, 0.29) is 11.8 Å². The van der Waals surface area contributed by atoms with Crippen molar-refractivity contribution in [3.8, 4) is 11.1 Å². The minimum Gasteiger partial charge on any atom is -0.373 e. The smallest absolute Gasteiger partial charge is 0.228 e. The normalized spacial score (nSPS) is 13.9. The molecule has 0 aliphatic heterocycles. The molecule has 3 heterocycles. The molecule has 0 saturated heterocycles. The Morgan fingerprint density at radius 2 is 1.92 bits per heavy atom. The number of aromatic nitrogens is 3. The van der Waals surface area contributed by atoms with Crippen molar-refractivity contribution in [3.63, 3.8) is 0 Å². The summed E-state index contributed by atoms with van der Waals surface area (Å²) in [6.45, 7) is 1.99. The van der Waals surface area contributed by atoms with Gasteiger partial charge in [-0.05, 0) is 44.0 Å². The first kappa shape index (κ1) is 14.7. The van der Waals surface area contributed by atoms with Gasteiger partial charge in [-0.15, -0.1) is 0 Å². The second kappa shape index (κ2) is 5.63. The lowest BCUT2D eigenvalue weighted by Gasteiger charge is -2.07. The maximum Gasteiger partial charge on any atom is 0.228 e. The first-order valence-electron chi connectivity index (χ1n) is 8.10. The van der Waals surface area contributed by atoms with Crippen LogP contribution in [-0.4, -0.2) is 27.9 Å². The summed E-state index contributed by atoms with van der Waals surface area (Å²) in [7, 11) is 1.86.